The van der Waals surface area contributed by atoms with Gasteiger partial charge >= 0.3 is 5.97 Å². The largest absolute Gasteiger partial charge is 0.481 e. The van der Waals surface area contributed by atoms with E-state index in [0.29, 0.717) is 0 Å². The first-order chi connectivity index (χ1) is 8.13. The highest BCUT2D eigenvalue weighted by molar-refractivity contribution is 5.66. The van der Waals surface area contributed by atoms with Crippen LogP contribution in [0.1, 0.15) is 31.7 Å². The molecule has 3 heteroatoms. The van der Waals surface area contributed by atoms with Crippen LogP contribution in [0, 0.1) is 6.92 Å². The number of aliphatic carboxylic acids is 1. The minimum absolute atomic E-state index is 0.269. The average molecular weight is 235 g/mol. The van der Waals surface area contributed by atoms with Gasteiger partial charge in [-0.15, -0.1) is 0 Å². The number of unbranched alkanes of at least 4 members (excludes halogenated alkanes) is 1. The van der Waals surface area contributed by atoms with Crippen LogP contribution in [0.15, 0.2) is 24.3 Å². The van der Waals surface area contributed by atoms with E-state index in [1.807, 2.05) is 0 Å². The molecule has 0 atom stereocenters. The quantitative estimate of drug-likeness (QED) is 0.738. The molecule has 0 saturated heterocycles. The first-order valence-electron chi connectivity index (χ1n) is 6.17. The Kier molecular flexibility index (Phi) is 5.53. The molecule has 0 unspecified atom stereocenters. The van der Waals surface area contributed by atoms with Crippen molar-refractivity contribution in [2.45, 2.75) is 33.1 Å². The number of carboxylic acids is 1. The van der Waals surface area contributed by atoms with E-state index in [9.17, 15) is 4.79 Å². The first kappa shape index (κ1) is 13.6. The summed E-state index contributed by atoms with van der Waals surface area (Å²) in [5.41, 5.74) is 2.48. The van der Waals surface area contributed by atoms with E-state index in [1.165, 1.54) is 11.3 Å². The molecule has 3 nitrogen and oxygen atoms in total. The highest BCUT2D eigenvalue weighted by Gasteiger charge is 2.04. The molecule has 0 fully saturated rings. The molecule has 0 saturated carbocycles. The van der Waals surface area contributed by atoms with Gasteiger partial charge in [-0.3, -0.25) is 4.79 Å². The van der Waals surface area contributed by atoms with Crippen molar-refractivity contribution < 1.29 is 9.90 Å². The van der Waals surface area contributed by atoms with Crippen LogP contribution >= 0.6 is 0 Å². The van der Waals surface area contributed by atoms with Crippen LogP contribution < -0.4 is 4.90 Å². The maximum Gasteiger partial charge on any atom is 0.303 e. The van der Waals surface area contributed by atoms with Crippen LogP contribution in [0.25, 0.3) is 0 Å². The van der Waals surface area contributed by atoms with E-state index in [-0.39, 0.29) is 6.42 Å². The predicted octanol–water partition coefficient (Wildman–Crippen LogP) is 3.08. The minimum Gasteiger partial charge on any atom is -0.481 e. The van der Waals surface area contributed by atoms with Crippen LogP contribution in [0.4, 0.5) is 5.69 Å². The van der Waals surface area contributed by atoms with Crippen LogP contribution in [0.3, 0.4) is 0 Å². The molecule has 0 aliphatic carbocycles. The molecule has 94 valence electrons. The molecule has 0 aliphatic rings. The molecule has 0 spiro atoms. The fourth-order valence-electron chi connectivity index (χ4n) is 1.80. The van der Waals surface area contributed by atoms with Gasteiger partial charge in [0.25, 0.3) is 0 Å². The van der Waals surface area contributed by atoms with E-state index in [1.54, 1.807) is 0 Å². The molecule has 1 N–H and O–H groups in total. The van der Waals surface area contributed by atoms with Gasteiger partial charge in [0.15, 0.2) is 0 Å². The molecule has 1 rings (SSSR count). The van der Waals surface area contributed by atoms with Gasteiger partial charge < -0.3 is 10.0 Å². The molecule has 1 aromatic carbocycles. The second kappa shape index (κ2) is 6.94. The number of hydrogen-bond donors (Lipinski definition) is 1. The lowest BCUT2D eigenvalue weighted by Crippen LogP contribution is -2.23. The number of anilines is 1. The zero-order chi connectivity index (χ0) is 12.7. The minimum atomic E-state index is -0.705. The third-order valence-electron chi connectivity index (χ3n) is 2.85. The smallest absolute Gasteiger partial charge is 0.303 e. The topological polar surface area (TPSA) is 40.5 Å². The van der Waals surface area contributed by atoms with Crippen molar-refractivity contribution in [1.82, 2.24) is 0 Å². The van der Waals surface area contributed by atoms with Gasteiger partial charge in [0.05, 0.1) is 0 Å². The molecule has 0 aromatic heterocycles. The Balaban J connectivity index is 2.43. The predicted molar refractivity (Wildman–Crippen MR) is 70.6 cm³/mol. The second-order valence-corrected chi connectivity index (χ2v) is 4.27. The molecular formula is C14H21NO2. The molecule has 0 radical (unpaired) electrons. The number of hydrogen-bond acceptors (Lipinski definition) is 2. The fourth-order valence-corrected chi connectivity index (χ4v) is 1.80. The Morgan fingerprint density at radius 1 is 1.24 bits per heavy atom. The second-order valence-electron chi connectivity index (χ2n) is 4.27. The van der Waals surface area contributed by atoms with Gasteiger partial charge in [-0.25, -0.2) is 0 Å². The Morgan fingerprint density at radius 3 is 2.41 bits per heavy atom. The number of carbonyl (C=O) groups is 1. The van der Waals surface area contributed by atoms with Crippen LogP contribution in [0.5, 0.6) is 0 Å². The van der Waals surface area contributed by atoms with Gasteiger partial charge in [-0.2, -0.15) is 0 Å². The lowest BCUT2D eigenvalue weighted by atomic mass is 10.2. The summed E-state index contributed by atoms with van der Waals surface area (Å²) in [4.78, 5) is 12.7. The van der Waals surface area contributed by atoms with Crippen LogP contribution in [-0.2, 0) is 4.79 Å². The Bertz CT molecular complexity index is 346. The van der Waals surface area contributed by atoms with E-state index >= 15 is 0 Å². The van der Waals surface area contributed by atoms with Gasteiger partial charge in [-0.05, 0) is 38.8 Å². The number of rotatable bonds is 7. The molecule has 0 aliphatic heterocycles. The summed E-state index contributed by atoms with van der Waals surface area (Å²) in [5.74, 6) is -0.705. The standard InChI is InChI=1S/C14H21NO2/c1-3-15(11-5-4-6-14(16)17)13-9-7-12(2)8-10-13/h7-10H,3-6,11H2,1-2H3,(H,16,17). The molecule has 1 aromatic rings. The van der Waals surface area contributed by atoms with Crippen molar-refractivity contribution in [2.24, 2.45) is 0 Å². The highest BCUT2D eigenvalue weighted by Crippen LogP contribution is 2.15. The average Bonchev–Trinajstić information content (AvgIpc) is 2.30. The van der Waals surface area contributed by atoms with Crippen molar-refractivity contribution in [3.8, 4) is 0 Å². The normalized spacial score (nSPS) is 10.2. The summed E-state index contributed by atoms with van der Waals surface area (Å²) in [6.07, 6.45) is 1.94. The number of benzene rings is 1. The molecule has 0 bridgehead atoms. The Morgan fingerprint density at radius 2 is 1.88 bits per heavy atom. The van der Waals surface area contributed by atoms with Gasteiger partial charge in [-0.1, -0.05) is 17.7 Å². The van der Waals surface area contributed by atoms with Crippen molar-refractivity contribution in [2.75, 3.05) is 18.0 Å². The van der Waals surface area contributed by atoms with Gasteiger partial charge in [0.1, 0.15) is 0 Å². The maximum atomic E-state index is 10.4. The summed E-state index contributed by atoms with van der Waals surface area (Å²) >= 11 is 0. The van der Waals surface area contributed by atoms with E-state index in [2.05, 4.69) is 43.0 Å². The van der Waals surface area contributed by atoms with E-state index in [4.69, 9.17) is 5.11 Å². The van der Waals surface area contributed by atoms with Crippen LogP contribution in [0.2, 0.25) is 0 Å². The summed E-state index contributed by atoms with van der Waals surface area (Å²) in [5, 5.41) is 8.57. The summed E-state index contributed by atoms with van der Waals surface area (Å²) in [6, 6.07) is 8.45. The van der Waals surface area contributed by atoms with Crippen LogP contribution in [-0.4, -0.2) is 24.2 Å². The van der Waals surface area contributed by atoms with Gasteiger partial charge in [0, 0.05) is 25.2 Å². The molecule has 0 heterocycles. The molecule has 17 heavy (non-hydrogen) atoms. The summed E-state index contributed by atoms with van der Waals surface area (Å²) < 4.78 is 0. The first-order valence-corrected chi connectivity index (χ1v) is 6.17. The zero-order valence-electron chi connectivity index (χ0n) is 10.6. The van der Waals surface area contributed by atoms with Crippen molar-refractivity contribution in [3.63, 3.8) is 0 Å². The van der Waals surface area contributed by atoms with Crippen molar-refractivity contribution in [1.29, 1.82) is 0 Å². The SMILES string of the molecule is CCN(CCCCC(=O)O)c1ccc(C)cc1. The summed E-state index contributed by atoms with van der Waals surface area (Å²) in [6.45, 7) is 6.08. The van der Waals surface area contributed by atoms with Crippen molar-refractivity contribution >= 4 is 11.7 Å². The zero-order valence-corrected chi connectivity index (χ0v) is 10.6. The highest BCUT2D eigenvalue weighted by atomic mass is 16.4. The fraction of sp³-hybridized carbons (Fsp3) is 0.500. The lowest BCUT2D eigenvalue weighted by Gasteiger charge is -2.23. The number of carboxylic acid groups (broad SMARTS) is 1. The Hall–Kier alpha value is -1.51. The van der Waals surface area contributed by atoms with E-state index < -0.39 is 5.97 Å². The lowest BCUT2D eigenvalue weighted by molar-refractivity contribution is -0.137. The molecule has 0 amide bonds. The van der Waals surface area contributed by atoms with Gasteiger partial charge in [0.2, 0.25) is 0 Å². The monoisotopic (exact) mass is 235 g/mol. The summed E-state index contributed by atoms with van der Waals surface area (Å²) in [7, 11) is 0. The maximum absolute atomic E-state index is 10.4. The third kappa shape index (κ3) is 4.89. The molecular weight excluding hydrogens is 214 g/mol. The third-order valence-corrected chi connectivity index (χ3v) is 2.85. The number of aryl methyl sites for hydroxylation is 1. The Labute approximate surface area is 103 Å². The van der Waals surface area contributed by atoms with Crippen molar-refractivity contribution in [3.05, 3.63) is 29.8 Å². The number of nitrogens with zero attached hydrogens (tertiary/aromatic N) is 1. The van der Waals surface area contributed by atoms with E-state index in [0.717, 1.165) is 25.9 Å².